The molecule has 1 heterocycles. The lowest BCUT2D eigenvalue weighted by molar-refractivity contribution is 0.0722. The topological polar surface area (TPSA) is 70.5 Å². The molecule has 0 spiro atoms. The quantitative estimate of drug-likeness (QED) is 0.196. The summed E-state index contributed by atoms with van der Waals surface area (Å²) in [5.74, 6) is 0.111. The van der Waals surface area contributed by atoms with Crippen molar-refractivity contribution in [3.63, 3.8) is 0 Å². The highest BCUT2D eigenvalue weighted by atomic mass is 19.1. The number of rotatable bonds is 13. The van der Waals surface area contributed by atoms with Crippen LogP contribution in [0.4, 0.5) is 4.39 Å². The van der Waals surface area contributed by atoms with E-state index < -0.39 is 11.8 Å². The average molecular weight is 481 g/mol. The summed E-state index contributed by atoms with van der Waals surface area (Å²) >= 11 is 0. The van der Waals surface area contributed by atoms with Crippen molar-refractivity contribution in [2.45, 2.75) is 52.9 Å². The van der Waals surface area contributed by atoms with Crippen LogP contribution in [0.2, 0.25) is 0 Å². The molecule has 0 aliphatic heterocycles. The van der Waals surface area contributed by atoms with Crippen LogP contribution in [0.5, 0.6) is 17.4 Å². The number of hydrogen-bond acceptors (Lipinski definition) is 6. The molecule has 0 bridgehead atoms. The second kappa shape index (κ2) is 13.4. The van der Waals surface area contributed by atoms with E-state index in [0.717, 1.165) is 43.4 Å². The molecule has 6 nitrogen and oxygen atoms in total. The van der Waals surface area contributed by atoms with Crippen LogP contribution < -0.4 is 14.2 Å². The summed E-state index contributed by atoms with van der Waals surface area (Å²) in [5.41, 5.74) is 1.27. The Morgan fingerprint density at radius 2 is 1.71 bits per heavy atom. The Balaban J connectivity index is 1.55. The Bertz CT molecular complexity index is 1070. The molecule has 0 saturated carbocycles. The Hall–Kier alpha value is -3.48. The minimum absolute atomic E-state index is 0.0112. The van der Waals surface area contributed by atoms with E-state index in [-0.39, 0.29) is 11.4 Å². The van der Waals surface area contributed by atoms with Gasteiger partial charge in [-0.3, -0.25) is 0 Å². The zero-order valence-electron chi connectivity index (χ0n) is 20.6. The van der Waals surface area contributed by atoms with Crippen molar-refractivity contribution in [2.24, 2.45) is 5.92 Å². The molecule has 2 aromatic carbocycles. The minimum Gasteiger partial charge on any atom is -0.493 e. The molecule has 0 amide bonds. The van der Waals surface area contributed by atoms with E-state index in [1.54, 1.807) is 6.07 Å². The van der Waals surface area contributed by atoms with E-state index in [9.17, 15) is 9.18 Å². The zero-order chi connectivity index (χ0) is 25.0. The van der Waals surface area contributed by atoms with Gasteiger partial charge in [0.1, 0.15) is 17.3 Å². The number of halogens is 1. The largest absolute Gasteiger partial charge is 0.493 e. The van der Waals surface area contributed by atoms with Crippen molar-refractivity contribution >= 4 is 5.97 Å². The smallest absolute Gasteiger partial charge is 0.347 e. The van der Waals surface area contributed by atoms with Gasteiger partial charge in [-0.15, -0.1) is 0 Å². The fourth-order valence-electron chi connectivity index (χ4n) is 3.22. The number of unbranched alkanes of at least 4 members (excludes halogenated alkanes) is 3. The normalized spacial score (nSPS) is 11.7. The second-order valence-electron chi connectivity index (χ2n) is 8.53. The molecule has 7 heteroatoms. The Morgan fingerprint density at radius 1 is 0.943 bits per heavy atom. The van der Waals surface area contributed by atoms with Crippen molar-refractivity contribution in [1.82, 2.24) is 9.97 Å². The summed E-state index contributed by atoms with van der Waals surface area (Å²) < 4.78 is 31.0. The Labute approximate surface area is 206 Å². The van der Waals surface area contributed by atoms with Crippen molar-refractivity contribution < 1.29 is 23.4 Å². The van der Waals surface area contributed by atoms with Crippen LogP contribution in [0.25, 0.3) is 11.3 Å². The van der Waals surface area contributed by atoms with Gasteiger partial charge in [0.25, 0.3) is 0 Å². The maximum Gasteiger partial charge on any atom is 0.347 e. The first-order valence-corrected chi connectivity index (χ1v) is 12.2. The number of carbonyl (C=O) groups is 1. The molecule has 1 atom stereocenters. The molecular weight excluding hydrogens is 447 g/mol. The molecule has 3 aromatic rings. The van der Waals surface area contributed by atoms with Gasteiger partial charge in [0.05, 0.1) is 36.9 Å². The molecule has 1 unspecified atom stereocenters. The third-order valence-corrected chi connectivity index (χ3v) is 5.63. The van der Waals surface area contributed by atoms with Crippen molar-refractivity contribution in [2.75, 3.05) is 13.2 Å². The first-order chi connectivity index (χ1) is 17.0. The van der Waals surface area contributed by atoms with Gasteiger partial charge in [-0.1, -0.05) is 46.5 Å². The maximum atomic E-state index is 14.4. The van der Waals surface area contributed by atoms with Gasteiger partial charge in [-0.05, 0) is 48.7 Å². The SMILES string of the molecule is CCCCCCOc1ccc(C(=O)Oc2cnc(-c3ccc(OCC(C)CC)cc3)cn2)c(F)c1. The zero-order valence-corrected chi connectivity index (χ0v) is 20.6. The molecule has 0 radical (unpaired) electrons. The van der Waals surface area contributed by atoms with Gasteiger partial charge >= 0.3 is 5.97 Å². The van der Waals surface area contributed by atoms with Gasteiger partial charge in [0, 0.05) is 11.6 Å². The number of aromatic nitrogens is 2. The molecule has 0 fully saturated rings. The molecular formula is C28H33FN2O4. The van der Waals surface area contributed by atoms with Crippen molar-refractivity contribution in [3.8, 4) is 28.6 Å². The van der Waals surface area contributed by atoms with Crippen LogP contribution in [0.3, 0.4) is 0 Å². The molecule has 186 valence electrons. The molecule has 0 aliphatic carbocycles. The summed E-state index contributed by atoms with van der Waals surface area (Å²) in [6.07, 6.45) is 8.17. The summed E-state index contributed by atoms with van der Waals surface area (Å²) in [6, 6.07) is 11.7. The van der Waals surface area contributed by atoms with Crippen LogP contribution in [0.15, 0.2) is 54.9 Å². The van der Waals surface area contributed by atoms with Crippen LogP contribution in [0, 0.1) is 11.7 Å². The number of ether oxygens (including phenoxy) is 3. The molecule has 3 rings (SSSR count). The number of nitrogens with zero attached hydrogens (tertiary/aromatic N) is 2. The van der Waals surface area contributed by atoms with Crippen molar-refractivity contribution in [3.05, 3.63) is 66.2 Å². The number of carbonyl (C=O) groups excluding carboxylic acids is 1. The molecule has 35 heavy (non-hydrogen) atoms. The summed E-state index contributed by atoms with van der Waals surface area (Å²) in [6.45, 7) is 7.60. The monoisotopic (exact) mass is 480 g/mol. The van der Waals surface area contributed by atoms with Gasteiger partial charge < -0.3 is 14.2 Å². The van der Waals surface area contributed by atoms with E-state index in [1.807, 2.05) is 24.3 Å². The lowest BCUT2D eigenvalue weighted by Crippen LogP contribution is -2.12. The minimum atomic E-state index is -0.846. The highest BCUT2D eigenvalue weighted by molar-refractivity contribution is 5.91. The maximum absolute atomic E-state index is 14.4. The lowest BCUT2D eigenvalue weighted by atomic mass is 10.1. The third kappa shape index (κ3) is 8.05. The average Bonchev–Trinajstić information content (AvgIpc) is 2.88. The van der Waals surface area contributed by atoms with E-state index in [1.165, 1.54) is 24.5 Å². The van der Waals surface area contributed by atoms with Crippen LogP contribution >= 0.6 is 0 Å². The summed E-state index contributed by atoms with van der Waals surface area (Å²) in [5, 5.41) is 0. The predicted octanol–water partition coefficient (Wildman–Crippen LogP) is 6.89. The van der Waals surface area contributed by atoms with Crippen LogP contribution in [-0.4, -0.2) is 29.2 Å². The van der Waals surface area contributed by atoms with E-state index in [2.05, 4.69) is 30.7 Å². The van der Waals surface area contributed by atoms with E-state index in [4.69, 9.17) is 14.2 Å². The predicted molar refractivity (Wildman–Crippen MR) is 133 cm³/mol. The van der Waals surface area contributed by atoms with Crippen molar-refractivity contribution in [1.29, 1.82) is 0 Å². The fraction of sp³-hybridized carbons (Fsp3) is 0.393. The van der Waals surface area contributed by atoms with Gasteiger partial charge in [0.2, 0.25) is 5.88 Å². The van der Waals surface area contributed by atoms with Crippen LogP contribution in [-0.2, 0) is 0 Å². The second-order valence-corrected chi connectivity index (χ2v) is 8.53. The van der Waals surface area contributed by atoms with Gasteiger partial charge in [-0.2, -0.15) is 0 Å². The lowest BCUT2D eigenvalue weighted by Gasteiger charge is -2.11. The van der Waals surface area contributed by atoms with Gasteiger partial charge in [0.15, 0.2) is 0 Å². The highest BCUT2D eigenvalue weighted by Crippen LogP contribution is 2.23. The Morgan fingerprint density at radius 3 is 2.37 bits per heavy atom. The number of hydrogen-bond donors (Lipinski definition) is 0. The molecule has 1 aromatic heterocycles. The first-order valence-electron chi connectivity index (χ1n) is 12.2. The molecule has 0 aliphatic rings. The van der Waals surface area contributed by atoms with Gasteiger partial charge in [-0.25, -0.2) is 19.2 Å². The van der Waals surface area contributed by atoms with Crippen LogP contribution in [0.1, 0.15) is 63.2 Å². The third-order valence-electron chi connectivity index (χ3n) is 5.63. The summed E-state index contributed by atoms with van der Waals surface area (Å²) in [7, 11) is 0. The molecule has 0 saturated heterocycles. The number of benzene rings is 2. The highest BCUT2D eigenvalue weighted by Gasteiger charge is 2.16. The summed E-state index contributed by atoms with van der Waals surface area (Å²) in [4.78, 5) is 20.9. The first kappa shape index (κ1) is 26.1. The Kier molecular flexibility index (Phi) is 10.0. The molecule has 0 N–H and O–H groups in total. The fourth-order valence-corrected chi connectivity index (χ4v) is 3.22. The van der Waals surface area contributed by atoms with E-state index in [0.29, 0.717) is 30.6 Å². The standard InChI is InChI=1S/C28H33FN2O4/c1-4-6-7-8-15-33-23-13-14-24(25(29)16-23)28(32)35-27-18-30-26(17-31-27)21-9-11-22(12-10-21)34-19-20(3)5-2/h9-14,16-18,20H,4-8,15,19H2,1-3H3. The number of esters is 1. The van der Waals surface area contributed by atoms with E-state index >= 15 is 0 Å².